The second-order valence-electron chi connectivity index (χ2n) is 6.38. The summed E-state index contributed by atoms with van der Waals surface area (Å²) in [6, 6.07) is 0.345. The number of thioether (sulfide) groups is 1. The molecule has 2 fully saturated rings. The summed E-state index contributed by atoms with van der Waals surface area (Å²) in [6.45, 7) is 9.96. The van der Waals surface area contributed by atoms with Gasteiger partial charge in [-0.1, -0.05) is 0 Å². The Kier molecular flexibility index (Phi) is 5.01. The molecule has 2 rings (SSSR count). The van der Waals surface area contributed by atoms with Crippen LogP contribution in [0.2, 0.25) is 0 Å². The molecule has 2 saturated heterocycles. The highest BCUT2D eigenvalue weighted by Crippen LogP contribution is 2.22. The normalized spacial score (nSPS) is 25.6. The first kappa shape index (κ1) is 15.0. The van der Waals surface area contributed by atoms with E-state index in [1.165, 1.54) is 11.5 Å². The first-order valence-corrected chi connectivity index (χ1v) is 8.41. The lowest BCUT2D eigenvalue weighted by molar-refractivity contribution is 0.0199. The Balaban J connectivity index is 1.87. The second-order valence-corrected chi connectivity index (χ2v) is 7.61. The highest BCUT2D eigenvalue weighted by Gasteiger charge is 2.33. The van der Waals surface area contributed by atoms with Crippen LogP contribution in [0, 0.1) is 0 Å². The maximum atomic E-state index is 12.2. The SMILES string of the molecule is CC(C)(C)OC(=O)N1CCC[C@H]1CN1CCSCC1. The summed E-state index contributed by atoms with van der Waals surface area (Å²) in [5.74, 6) is 2.44. The van der Waals surface area contributed by atoms with Crippen molar-refractivity contribution in [2.45, 2.75) is 45.3 Å². The zero-order chi connectivity index (χ0) is 13.9. The molecule has 2 aliphatic rings. The molecule has 0 N–H and O–H groups in total. The monoisotopic (exact) mass is 286 g/mol. The lowest BCUT2D eigenvalue weighted by Crippen LogP contribution is -2.47. The van der Waals surface area contributed by atoms with E-state index < -0.39 is 5.60 Å². The summed E-state index contributed by atoms with van der Waals surface area (Å²) >= 11 is 2.02. The Morgan fingerprint density at radius 2 is 1.95 bits per heavy atom. The number of hydrogen-bond acceptors (Lipinski definition) is 4. The minimum absolute atomic E-state index is 0.138. The molecular formula is C14H26N2O2S. The molecule has 0 spiro atoms. The van der Waals surface area contributed by atoms with Crippen LogP contribution in [0.1, 0.15) is 33.6 Å². The molecule has 1 amide bonds. The van der Waals surface area contributed by atoms with Crippen molar-refractivity contribution in [1.29, 1.82) is 0 Å². The molecule has 4 nitrogen and oxygen atoms in total. The van der Waals surface area contributed by atoms with Gasteiger partial charge in [0.15, 0.2) is 0 Å². The lowest BCUT2D eigenvalue weighted by Gasteiger charge is -2.33. The third-order valence-corrected chi connectivity index (χ3v) is 4.52. The maximum Gasteiger partial charge on any atom is 0.410 e. The number of carbonyl (C=O) groups excluding carboxylic acids is 1. The highest BCUT2D eigenvalue weighted by atomic mass is 32.2. The predicted octanol–water partition coefficient (Wildman–Crippen LogP) is 2.43. The quantitative estimate of drug-likeness (QED) is 0.780. The fraction of sp³-hybridized carbons (Fsp3) is 0.929. The van der Waals surface area contributed by atoms with Crippen molar-refractivity contribution in [3.8, 4) is 0 Å². The van der Waals surface area contributed by atoms with Gasteiger partial charge in [0.25, 0.3) is 0 Å². The zero-order valence-electron chi connectivity index (χ0n) is 12.4. The van der Waals surface area contributed by atoms with E-state index in [1.54, 1.807) is 0 Å². The van der Waals surface area contributed by atoms with Crippen molar-refractivity contribution in [2.75, 3.05) is 37.7 Å². The Bertz CT molecular complexity index is 311. The van der Waals surface area contributed by atoms with Crippen LogP contribution in [0.4, 0.5) is 4.79 Å². The van der Waals surface area contributed by atoms with E-state index in [9.17, 15) is 4.79 Å². The molecular weight excluding hydrogens is 260 g/mol. The van der Waals surface area contributed by atoms with Crippen LogP contribution in [0.15, 0.2) is 0 Å². The fourth-order valence-corrected chi connectivity index (χ4v) is 3.65. The Labute approximate surface area is 120 Å². The first-order chi connectivity index (χ1) is 8.96. The molecule has 0 unspecified atom stereocenters. The molecule has 0 saturated carbocycles. The number of rotatable bonds is 2. The van der Waals surface area contributed by atoms with Crippen molar-refractivity contribution in [1.82, 2.24) is 9.80 Å². The lowest BCUT2D eigenvalue weighted by atomic mass is 10.2. The maximum absolute atomic E-state index is 12.2. The molecule has 0 radical (unpaired) electrons. The van der Waals surface area contributed by atoms with Crippen LogP contribution >= 0.6 is 11.8 Å². The number of nitrogens with zero attached hydrogens (tertiary/aromatic N) is 2. The van der Waals surface area contributed by atoms with Crippen LogP contribution < -0.4 is 0 Å². The van der Waals surface area contributed by atoms with Crippen LogP contribution in [0.5, 0.6) is 0 Å². The minimum Gasteiger partial charge on any atom is -0.444 e. The van der Waals surface area contributed by atoms with E-state index >= 15 is 0 Å². The van der Waals surface area contributed by atoms with Crippen LogP contribution in [-0.4, -0.2) is 65.2 Å². The predicted molar refractivity (Wildman–Crippen MR) is 79.7 cm³/mol. The first-order valence-electron chi connectivity index (χ1n) is 7.25. The Hall–Kier alpha value is -0.420. The van der Waals surface area contributed by atoms with Crippen molar-refractivity contribution < 1.29 is 9.53 Å². The Morgan fingerprint density at radius 1 is 1.26 bits per heavy atom. The molecule has 0 aromatic heterocycles. The summed E-state index contributed by atoms with van der Waals surface area (Å²) in [5.41, 5.74) is -0.397. The van der Waals surface area contributed by atoms with E-state index in [4.69, 9.17) is 4.74 Å². The van der Waals surface area contributed by atoms with E-state index in [-0.39, 0.29) is 6.09 Å². The number of likely N-dealkylation sites (tertiary alicyclic amines) is 1. The van der Waals surface area contributed by atoms with Crippen molar-refractivity contribution in [3.05, 3.63) is 0 Å². The average molecular weight is 286 g/mol. The topological polar surface area (TPSA) is 32.8 Å². The zero-order valence-corrected chi connectivity index (χ0v) is 13.2. The van der Waals surface area contributed by atoms with Gasteiger partial charge in [-0.15, -0.1) is 0 Å². The van der Waals surface area contributed by atoms with Gasteiger partial charge >= 0.3 is 6.09 Å². The van der Waals surface area contributed by atoms with Gasteiger partial charge in [-0.25, -0.2) is 4.79 Å². The van der Waals surface area contributed by atoms with Crippen molar-refractivity contribution in [3.63, 3.8) is 0 Å². The Morgan fingerprint density at radius 3 is 2.58 bits per heavy atom. The minimum atomic E-state index is -0.397. The van der Waals surface area contributed by atoms with Gasteiger partial charge < -0.3 is 9.64 Å². The average Bonchev–Trinajstić information content (AvgIpc) is 2.76. The van der Waals surface area contributed by atoms with Gasteiger partial charge in [0, 0.05) is 43.7 Å². The molecule has 5 heteroatoms. The molecule has 2 aliphatic heterocycles. The third-order valence-electron chi connectivity index (χ3n) is 3.58. The number of carbonyl (C=O) groups is 1. The van der Waals surface area contributed by atoms with E-state index in [0.29, 0.717) is 6.04 Å². The highest BCUT2D eigenvalue weighted by molar-refractivity contribution is 7.99. The largest absolute Gasteiger partial charge is 0.444 e. The molecule has 0 bridgehead atoms. The van der Waals surface area contributed by atoms with E-state index in [0.717, 1.165) is 39.0 Å². The van der Waals surface area contributed by atoms with E-state index in [2.05, 4.69) is 4.90 Å². The summed E-state index contributed by atoms with van der Waals surface area (Å²) < 4.78 is 5.51. The smallest absolute Gasteiger partial charge is 0.410 e. The third kappa shape index (κ3) is 4.56. The second kappa shape index (κ2) is 6.35. The van der Waals surface area contributed by atoms with Crippen LogP contribution in [-0.2, 0) is 4.74 Å². The summed E-state index contributed by atoms with van der Waals surface area (Å²) in [7, 11) is 0. The van der Waals surface area contributed by atoms with Gasteiger partial charge in [0.2, 0.25) is 0 Å². The number of amides is 1. The van der Waals surface area contributed by atoms with Gasteiger partial charge in [0.1, 0.15) is 5.60 Å². The number of hydrogen-bond donors (Lipinski definition) is 0. The van der Waals surface area contributed by atoms with Gasteiger partial charge in [-0.05, 0) is 33.6 Å². The summed E-state index contributed by atoms with van der Waals surface area (Å²) in [5, 5.41) is 0. The molecule has 2 heterocycles. The molecule has 0 aromatic carbocycles. The van der Waals surface area contributed by atoms with Crippen molar-refractivity contribution >= 4 is 17.9 Å². The van der Waals surface area contributed by atoms with Crippen LogP contribution in [0.3, 0.4) is 0 Å². The molecule has 110 valence electrons. The molecule has 0 aromatic rings. The van der Waals surface area contributed by atoms with Crippen molar-refractivity contribution in [2.24, 2.45) is 0 Å². The fourth-order valence-electron chi connectivity index (χ4n) is 2.67. The number of ether oxygens (including phenoxy) is 1. The standard InChI is InChI=1S/C14H26N2O2S/c1-14(2,3)18-13(17)16-6-4-5-12(16)11-15-7-9-19-10-8-15/h12H,4-11H2,1-3H3/t12-/m0/s1. The van der Waals surface area contributed by atoms with Gasteiger partial charge in [0.05, 0.1) is 0 Å². The van der Waals surface area contributed by atoms with Gasteiger partial charge in [-0.3, -0.25) is 4.90 Å². The van der Waals surface area contributed by atoms with E-state index in [1.807, 2.05) is 37.4 Å². The summed E-state index contributed by atoms with van der Waals surface area (Å²) in [6.07, 6.45) is 2.08. The van der Waals surface area contributed by atoms with Gasteiger partial charge in [-0.2, -0.15) is 11.8 Å². The molecule has 0 aliphatic carbocycles. The van der Waals surface area contributed by atoms with Crippen LogP contribution in [0.25, 0.3) is 0 Å². The molecule has 19 heavy (non-hydrogen) atoms. The summed E-state index contributed by atoms with van der Waals surface area (Å²) in [4.78, 5) is 16.6. The molecule has 1 atom stereocenters.